The van der Waals surface area contributed by atoms with Gasteiger partial charge in [-0.15, -0.1) is 0 Å². The lowest BCUT2D eigenvalue weighted by Crippen LogP contribution is -2.45. The van der Waals surface area contributed by atoms with Crippen LogP contribution in [0.5, 0.6) is 5.75 Å². The molecule has 1 aliphatic rings. The van der Waals surface area contributed by atoms with Crippen LogP contribution in [0.25, 0.3) is 33.4 Å². The summed E-state index contributed by atoms with van der Waals surface area (Å²) in [4.78, 5) is 22.2. The van der Waals surface area contributed by atoms with Crippen molar-refractivity contribution in [1.29, 1.82) is 0 Å². The third kappa shape index (κ3) is 4.58. The standard InChI is InChI=1S/C29H33N5O2/c1-19(29(35)34-14-12-23(13-15-34)33(2)3)20-8-7-9-21(16-20)22-17-25-27(31-32-28(25)30-18-22)24-10-5-6-11-26(24)36-4/h5-11,16-19,23H,12-15H2,1-4H3,(H,30,31,32). The van der Waals surface area contributed by atoms with Crippen LogP contribution in [0.15, 0.2) is 60.8 Å². The van der Waals surface area contributed by atoms with Crippen molar-refractivity contribution in [2.24, 2.45) is 0 Å². The Morgan fingerprint density at radius 1 is 1.08 bits per heavy atom. The number of rotatable bonds is 6. The number of piperidine rings is 1. The maximum atomic E-state index is 13.3. The van der Waals surface area contributed by atoms with Crippen molar-refractivity contribution >= 4 is 16.9 Å². The van der Waals surface area contributed by atoms with Gasteiger partial charge in [-0.3, -0.25) is 9.89 Å². The summed E-state index contributed by atoms with van der Waals surface area (Å²) in [6, 6.07) is 18.8. The molecule has 36 heavy (non-hydrogen) atoms. The van der Waals surface area contributed by atoms with Crippen LogP contribution in [0, 0.1) is 0 Å². The molecule has 1 amide bonds. The normalized spacial score (nSPS) is 15.4. The van der Waals surface area contributed by atoms with Gasteiger partial charge in [-0.05, 0) is 63.2 Å². The molecule has 1 saturated heterocycles. The highest BCUT2D eigenvalue weighted by Gasteiger charge is 2.27. The second-order valence-corrected chi connectivity index (χ2v) is 9.76. The van der Waals surface area contributed by atoms with E-state index in [9.17, 15) is 4.79 Å². The minimum Gasteiger partial charge on any atom is -0.496 e. The number of para-hydroxylation sites is 1. The van der Waals surface area contributed by atoms with Gasteiger partial charge in [0.1, 0.15) is 5.75 Å². The van der Waals surface area contributed by atoms with Crippen LogP contribution in [-0.2, 0) is 4.79 Å². The first-order valence-corrected chi connectivity index (χ1v) is 12.5. The van der Waals surface area contributed by atoms with Crippen LogP contribution in [-0.4, -0.2) is 71.2 Å². The second kappa shape index (κ2) is 10.1. The molecule has 186 valence electrons. The van der Waals surface area contributed by atoms with Crippen molar-refractivity contribution in [1.82, 2.24) is 25.0 Å². The van der Waals surface area contributed by atoms with Crippen LogP contribution in [0.4, 0.5) is 0 Å². The lowest BCUT2D eigenvalue weighted by atomic mass is 9.94. The number of hydrogen-bond donors (Lipinski definition) is 1. The quantitative estimate of drug-likeness (QED) is 0.420. The van der Waals surface area contributed by atoms with E-state index in [4.69, 9.17) is 4.74 Å². The van der Waals surface area contributed by atoms with Crippen molar-refractivity contribution < 1.29 is 9.53 Å². The molecule has 1 fully saturated rings. The van der Waals surface area contributed by atoms with E-state index in [0.717, 1.165) is 65.0 Å². The van der Waals surface area contributed by atoms with E-state index in [1.54, 1.807) is 7.11 Å². The van der Waals surface area contributed by atoms with Gasteiger partial charge in [0.05, 0.1) is 18.7 Å². The molecule has 4 aromatic rings. The van der Waals surface area contributed by atoms with E-state index >= 15 is 0 Å². The van der Waals surface area contributed by atoms with Gasteiger partial charge < -0.3 is 14.5 Å². The molecule has 2 aromatic carbocycles. The SMILES string of the molecule is COc1ccccc1-c1[nH]nc2ncc(-c3cccc(C(C)C(=O)N4CCC(N(C)C)CC4)c3)cc12. The summed E-state index contributed by atoms with van der Waals surface area (Å²) in [5.74, 6) is 0.777. The Labute approximate surface area is 212 Å². The zero-order chi connectivity index (χ0) is 25.2. The molecular weight excluding hydrogens is 450 g/mol. The highest BCUT2D eigenvalue weighted by Crippen LogP contribution is 2.35. The Morgan fingerprint density at radius 3 is 2.61 bits per heavy atom. The Hall–Kier alpha value is -3.71. The largest absolute Gasteiger partial charge is 0.496 e. The molecule has 1 unspecified atom stereocenters. The van der Waals surface area contributed by atoms with Crippen molar-refractivity contribution in [3.05, 3.63) is 66.4 Å². The number of carbonyl (C=O) groups is 1. The number of pyridine rings is 1. The maximum Gasteiger partial charge on any atom is 0.229 e. The number of methoxy groups -OCH3 is 1. The molecule has 0 bridgehead atoms. The monoisotopic (exact) mass is 483 g/mol. The van der Waals surface area contributed by atoms with Crippen LogP contribution in [0.3, 0.4) is 0 Å². The number of likely N-dealkylation sites (tertiary alicyclic amines) is 1. The van der Waals surface area contributed by atoms with Gasteiger partial charge in [-0.2, -0.15) is 5.10 Å². The Morgan fingerprint density at radius 2 is 1.86 bits per heavy atom. The van der Waals surface area contributed by atoms with Crippen molar-refractivity contribution in [3.8, 4) is 28.1 Å². The molecule has 7 nitrogen and oxygen atoms in total. The number of hydrogen-bond acceptors (Lipinski definition) is 5. The zero-order valence-electron chi connectivity index (χ0n) is 21.4. The van der Waals surface area contributed by atoms with E-state index in [2.05, 4.69) is 52.4 Å². The van der Waals surface area contributed by atoms with Gasteiger partial charge in [0, 0.05) is 41.8 Å². The molecule has 1 N–H and O–H groups in total. The lowest BCUT2D eigenvalue weighted by Gasteiger charge is -2.36. The first-order chi connectivity index (χ1) is 17.5. The smallest absolute Gasteiger partial charge is 0.229 e. The van der Waals surface area contributed by atoms with Crippen LogP contribution in [0.2, 0.25) is 0 Å². The highest BCUT2D eigenvalue weighted by atomic mass is 16.5. The molecule has 1 aliphatic heterocycles. The third-order valence-corrected chi connectivity index (χ3v) is 7.38. The Bertz CT molecular complexity index is 1370. The summed E-state index contributed by atoms with van der Waals surface area (Å²) in [5, 5.41) is 8.45. The number of amides is 1. The fourth-order valence-electron chi connectivity index (χ4n) is 5.12. The zero-order valence-corrected chi connectivity index (χ0v) is 21.4. The molecule has 2 aromatic heterocycles. The molecule has 7 heteroatoms. The van der Waals surface area contributed by atoms with Gasteiger partial charge in [0.25, 0.3) is 0 Å². The number of nitrogens with one attached hydrogen (secondary N) is 1. The summed E-state index contributed by atoms with van der Waals surface area (Å²) in [7, 11) is 5.90. The fraction of sp³-hybridized carbons (Fsp3) is 0.345. The summed E-state index contributed by atoms with van der Waals surface area (Å²) >= 11 is 0. The van der Waals surface area contributed by atoms with Crippen molar-refractivity contribution in [2.45, 2.75) is 31.7 Å². The fourth-order valence-corrected chi connectivity index (χ4v) is 5.12. The maximum absolute atomic E-state index is 13.3. The van der Waals surface area contributed by atoms with E-state index < -0.39 is 0 Å². The molecule has 0 aliphatic carbocycles. The number of carbonyl (C=O) groups excluding carboxylic acids is 1. The molecule has 3 heterocycles. The van der Waals surface area contributed by atoms with Gasteiger partial charge >= 0.3 is 0 Å². The summed E-state index contributed by atoms with van der Waals surface area (Å²) in [6.07, 6.45) is 3.89. The minimum atomic E-state index is -0.199. The first kappa shape index (κ1) is 24.0. The average Bonchev–Trinajstić information content (AvgIpc) is 3.35. The Kier molecular flexibility index (Phi) is 6.74. The van der Waals surface area contributed by atoms with E-state index in [-0.39, 0.29) is 11.8 Å². The summed E-state index contributed by atoms with van der Waals surface area (Å²) in [5.41, 5.74) is 5.49. The Balaban J connectivity index is 1.41. The number of H-pyrrole nitrogens is 1. The number of aromatic nitrogens is 3. The third-order valence-electron chi connectivity index (χ3n) is 7.38. The first-order valence-electron chi connectivity index (χ1n) is 12.5. The number of nitrogens with zero attached hydrogens (tertiary/aromatic N) is 4. The molecule has 0 spiro atoms. The summed E-state index contributed by atoms with van der Waals surface area (Å²) < 4.78 is 5.56. The molecular formula is C29H33N5O2. The predicted molar refractivity (Wildman–Crippen MR) is 143 cm³/mol. The van der Waals surface area contributed by atoms with Crippen molar-refractivity contribution in [3.63, 3.8) is 0 Å². The van der Waals surface area contributed by atoms with Crippen LogP contribution < -0.4 is 4.74 Å². The average molecular weight is 484 g/mol. The highest BCUT2D eigenvalue weighted by molar-refractivity contribution is 5.95. The van der Waals surface area contributed by atoms with Gasteiger partial charge in [0.15, 0.2) is 5.65 Å². The van der Waals surface area contributed by atoms with Gasteiger partial charge in [0.2, 0.25) is 5.91 Å². The van der Waals surface area contributed by atoms with Crippen molar-refractivity contribution in [2.75, 3.05) is 34.3 Å². The van der Waals surface area contributed by atoms with E-state index in [1.807, 2.05) is 54.4 Å². The minimum absolute atomic E-state index is 0.199. The molecule has 0 radical (unpaired) electrons. The van der Waals surface area contributed by atoms with Crippen LogP contribution in [0.1, 0.15) is 31.2 Å². The molecule has 0 saturated carbocycles. The number of ether oxygens (including phenoxy) is 1. The van der Waals surface area contributed by atoms with Crippen LogP contribution >= 0.6 is 0 Å². The van der Waals surface area contributed by atoms with E-state index in [1.165, 1.54) is 0 Å². The van der Waals surface area contributed by atoms with E-state index in [0.29, 0.717) is 11.7 Å². The van der Waals surface area contributed by atoms with Gasteiger partial charge in [-0.1, -0.05) is 36.4 Å². The van der Waals surface area contributed by atoms with Gasteiger partial charge in [-0.25, -0.2) is 4.98 Å². The summed E-state index contributed by atoms with van der Waals surface area (Å²) in [6.45, 7) is 3.65. The lowest BCUT2D eigenvalue weighted by molar-refractivity contribution is -0.133. The number of benzene rings is 2. The molecule has 1 atom stereocenters. The number of fused-ring (bicyclic) bond motifs is 1. The predicted octanol–water partition coefficient (Wildman–Crippen LogP) is 4.96. The second-order valence-electron chi connectivity index (χ2n) is 9.76. The topological polar surface area (TPSA) is 74.3 Å². The molecule has 5 rings (SSSR count). The number of aromatic amines is 1.